The van der Waals surface area contributed by atoms with Gasteiger partial charge in [-0.2, -0.15) is 0 Å². The topological polar surface area (TPSA) is 85.8 Å². The molecule has 1 N–H and O–H groups in total. The molecule has 2 heterocycles. The van der Waals surface area contributed by atoms with E-state index < -0.39 is 0 Å². The van der Waals surface area contributed by atoms with Crippen LogP contribution in [0.1, 0.15) is 37.3 Å². The highest BCUT2D eigenvalue weighted by atomic mass is 32.2. The molecule has 7 nitrogen and oxygen atoms in total. The summed E-state index contributed by atoms with van der Waals surface area (Å²) in [5, 5.41) is 15.3. The molecule has 0 spiro atoms. The Morgan fingerprint density at radius 2 is 2.29 bits per heavy atom. The molecule has 1 fully saturated rings. The first-order valence-electron chi connectivity index (χ1n) is 6.84. The number of anilines is 1. The molecular formula is C13H17N5O2S. The highest BCUT2D eigenvalue weighted by Gasteiger charge is 2.30. The number of hydrogen-bond donors (Lipinski definition) is 1. The van der Waals surface area contributed by atoms with Gasteiger partial charge in [-0.25, -0.2) is 0 Å². The third-order valence-electron chi connectivity index (χ3n) is 3.34. The number of rotatable bonds is 5. The average molecular weight is 307 g/mol. The van der Waals surface area contributed by atoms with Crippen LogP contribution in [-0.4, -0.2) is 31.1 Å². The molecule has 0 radical (unpaired) electrons. The minimum Gasteiger partial charge on any atom is -0.360 e. The second-order valence-corrected chi connectivity index (χ2v) is 6.55. The molecule has 1 atom stereocenters. The molecule has 1 aliphatic rings. The second-order valence-electron chi connectivity index (χ2n) is 5.25. The molecule has 0 bridgehead atoms. The van der Waals surface area contributed by atoms with Crippen molar-refractivity contribution in [1.82, 2.24) is 19.9 Å². The van der Waals surface area contributed by atoms with Gasteiger partial charge in [-0.3, -0.25) is 4.79 Å². The van der Waals surface area contributed by atoms with Crippen molar-refractivity contribution >= 4 is 23.5 Å². The lowest BCUT2D eigenvalue weighted by Gasteiger charge is -2.09. The van der Waals surface area contributed by atoms with Crippen molar-refractivity contribution in [3.8, 4) is 0 Å². The SMILES string of the molecule is Cc1cc(NC(=O)C(C)Sc2nnc(C3CC3)n2C)no1. The number of carbonyl (C=O) groups is 1. The van der Waals surface area contributed by atoms with E-state index in [1.54, 1.807) is 13.0 Å². The van der Waals surface area contributed by atoms with Gasteiger partial charge in [-0.05, 0) is 26.7 Å². The monoisotopic (exact) mass is 307 g/mol. The van der Waals surface area contributed by atoms with Crippen LogP contribution in [0.5, 0.6) is 0 Å². The van der Waals surface area contributed by atoms with Gasteiger partial charge in [0, 0.05) is 19.0 Å². The summed E-state index contributed by atoms with van der Waals surface area (Å²) < 4.78 is 6.90. The molecule has 0 saturated heterocycles. The molecule has 21 heavy (non-hydrogen) atoms. The zero-order valence-corrected chi connectivity index (χ0v) is 13.0. The van der Waals surface area contributed by atoms with Crippen LogP contribution in [0.3, 0.4) is 0 Å². The molecule has 112 valence electrons. The van der Waals surface area contributed by atoms with Crippen molar-refractivity contribution in [2.75, 3.05) is 5.32 Å². The third kappa shape index (κ3) is 3.10. The van der Waals surface area contributed by atoms with Crippen molar-refractivity contribution in [2.24, 2.45) is 7.05 Å². The number of carbonyl (C=O) groups excluding carboxylic acids is 1. The molecular weight excluding hydrogens is 290 g/mol. The molecule has 1 aliphatic carbocycles. The molecule has 0 aromatic carbocycles. The van der Waals surface area contributed by atoms with Gasteiger partial charge in [-0.15, -0.1) is 10.2 Å². The van der Waals surface area contributed by atoms with E-state index in [0.29, 0.717) is 17.5 Å². The van der Waals surface area contributed by atoms with E-state index in [9.17, 15) is 4.79 Å². The molecule has 2 aromatic heterocycles. The number of nitrogens with one attached hydrogen (secondary N) is 1. The van der Waals surface area contributed by atoms with Gasteiger partial charge >= 0.3 is 0 Å². The zero-order chi connectivity index (χ0) is 15.0. The maximum Gasteiger partial charge on any atom is 0.238 e. The summed E-state index contributed by atoms with van der Waals surface area (Å²) in [6, 6.07) is 1.68. The van der Waals surface area contributed by atoms with Crippen LogP contribution in [-0.2, 0) is 11.8 Å². The van der Waals surface area contributed by atoms with Crippen LogP contribution in [0.15, 0.2) is 15.7 Å². The number of aromatic nitrogens is 4. The van der Waals surface area contributed by atoms with Crippen molar-refractivity contribution < 1.29 is 9.32 Å². The Hall–Kier alpha value is -1.83. The van der Waals surface area contributed by atoms with E-state index in [2.05, 4.69) is 20.7 Å². The lowest BCUT2D eigenvalue weighted by Crippen LogP contribution is -2.23. The second kappa shape index (κ2) is 5.51. The predicted molar refractivity (Wildman–Crippen MR) is 78.2 cm³/mol. The normalized spacial score (nSPS) is 16.0. The Balaban J connectivity index is 1.62. The summed E-state index contributed by atoms with van der Waals surface area (Å²) in [7, 11) is 1.95. The van der Waals surface area contributed by atoms with E-state index in [1.165, 1.54) is 24.6 Å². The van der Waals surface area contributed by atoms with Gasteiger partial charge in [-0.1, -0.05) is 16.9 Å². The number of thioether (sulfide) groups is 1. The number of amides is 1. The third-order valence-corrected chi connectivity index (χ3v) is 4.48. The van der Waals surface area contributed by atoms with Crippen LogP contribution < -0.4 is 5.32 Å². The lowest BCUT2D eigenvalue weighted by atomic mass is 10.4. The van der Waals surface area contributed by atoms with Crippen molar-refractivity contribution in [3.63, 3.8) is 0 Å². The van der Waals surface area contributed by atoms with Gasteiger partial charge in [0.15, 0.2) is 11.0 Å². The molecule has 8 heteroatoms. The first-order valence-corrected chi connectivity index (χ1v) is 7.72. The largest absolute Gasteiger partial charge is 0.360 e. The van der Waals surface area contributed by atoms with Gasteiger partial charge in [0.25, 0.3) is 0 Å². The molecule has 2 aromatic rings. The molecule has 1 amide bonds. The van der Waals surface area contributed by atoms with Crippen LogP contribution in [0.2, 0.25) is 0 Å². The highest BCUT2D eigenvalue weighted by Crippen LogP contribution is 2.39. The Labute approximate surface area is 126 Å². The van der Waals surface area contributed by atoms with E-state index in [1.807, 2.05) is 18.5 Å². The van der Waals surface area contributed by atoms with E-state index in [4.69, 9.17) is 4.52 Å². The van der Waals surface area contributed by atoms with E-state index >= 15 is 0 Å². The number of aryl methyl sites for hydroxylation is 1. The van der Waals surface area contributed by atoms with E-state index in [0.717, 1.165) is 11.0 Å². The summed E-state index contributed by atoms with van der Waals surface area (Å²) >= 11 is 1.39. The summed E-state index contributed by atoms with van der Waals surface area (Å²) in [6.07, 6.45) is 2.36. The maximum atomic E-state index is 12.1. The van der Waals surface area contributed by atoms with Gasteiger partial charge < -0.3 is 14.4 Å². The zero-order valence-electron chi connectivity index (χ0n) is 12.2. The van der Waals surface area contributed by atoms with Crippen LogP contribution in [0.4, 0.5) is 5.82 Å². The Morgan fingerprint density at radius 1 is 1.52 bits per heavy atom. The van der Waals surface area contributed by atoms with Crippen molar-refractivity contribution in [2.45, 2.75) is 43.0 Å². The Morgan fingerprint density at radius 3 is 2.90 bits per heavy atom. The standard InChI is InChI=1S/C13H17N5O2S/c1-7-6-10(17-20-7)14-12(19)8(2)21-13-16-15-11(18(13)3)9-4-5-9/h6,8-9H,4-5H2,1-3H3,(H,14,17,19). The minimum absolute atomic E-state index is 0.135. The summed E-state index contributed by atoms with van der Waals surface area (Å²) in [5.41, 5.74) is 0. The fourth-order valence-electron chi connectivity index (χ4n) is 1.99. The first kappa shape index (κ1) is 14.1. The number of hydrogen-bond acceptors (Lipinski definition) is 6. The van der Waals surface area contributed by atoms with Crippen LogP contribution >= 0.6 is 11.8 Å². The molecule has 0 aliphatic heterocycles. The van der Waals surface area contributed by atoms with Gasteiger partial charge in [0.05, 0.1) is 5.25 Å². The highest BCUT2D eigenvalue weighted by molar-refractivity contribution is 8.00. The fraction of sp³-hybridized carbons (Fsp3) is 0.538. The summed E-state index contributed by atoms with van der Waals surface area (Å²) in [4.78, 5) is 12.1. The van der Waals surface area contributed by atoms with Crippen LogP contribution in [0, 0.1) is 6.92 Å². The molecule has 3 rings (SSSR count). The van der Waals surface area contributed by atoms with Gasteiger partial charge in [0.2, 0.25) is 5.91 Å². The van der Waals surface area contributed by atoms with E-state index in [-0.39, 0.29) is 11.2 Å². The van der Waals surface area contributed by atoms with Crippen LogP contribution in [0.25, 0.3) is 0 Å². The van der Waals surface area contributed by atoms with Gasteiger partial charge in [0.1, 0.15) is 11.6 Å². The number of nitrogens with zero attached hydrogens (tertiary/aromatic N) is 4. The maximum absolute atomic E-state index is 12.1. The quantitative estimate of drug-likeness (QED) is 0.851. The lowest BCUT2D eigenvalue weighted by molar-refractivity contribution is -0.115. The summed E-state index contributed by atoms with van der Waals surface area (Å²) in [6.45, 7) is 3.61. The average Bonchev–Trinajstić information content (AvgIpc) is 3.11. The fourth-order valence-corrected chi connectivity index (χ4v) is 2.81. The Kier molecular flexibility index (Phi) is 3.71. The Bertz CT molecular complexity index is 661. The summed E-state index contributed by atoms with van der Waals surface area (Å²) in [5.74, 6) is 2.51. The van der Waals surface area contributed by atoms with Crippen molar-refractivity contribution in [3.05, 3.63) is 17.7 Å². The predicted octanol–water partition coefficient (Wildman–Crippen LogP) is 2.11. The molecule has 1 unspecified atom stereocenters. The van der Waals surface area contributed by atoms with Crippen molar-refractivity contribution in [1.29, 1.82) is 0 Å². The smallest absolute Gasteiger partial charge is 0.238 e. The first-order chi connectivity index (χ1) is 10.0. The molecule has 1 saturated carbocycles. The minimum atomic E-state index is -0.294.